The van der Waals surface area contributed by atoms with Gasteiger partial charge in [0, 0.05) is 26.0 Å². The van der Waals surface area contributed by atoms with Crippen molar-refractivity contribution in [2.75, 3.05) is 18.6 Å². The van der Waals surface area contributed by atoms with Crippen LogP contribution in [0.25, 0.3) is 0 Å². The molecule has 0 atom stereocenters. The van der Waals surface area contributed by atoms with Gasteiger partial charge in [-0.15, -0.1) is 0 Å². The molecule has 5 nitrogen and oxygen atoms in total. The number of rotatable bonds is 5. The van der Waals surface area contributed by atoms with Crippen LogP contribution >= 0.6 is 15.9 Å². The highest BCUT2D eigenvalue weighted by molar-refractivity contribution is 9.10. The average Bonchev–Trinajstić information content (AvgIpc) is 2.48. The zero-order valence-corrected chi connectivity index (χ0v) is 13.5. The summed E-state index contributed by atoms with van der Waals surface area (Å²) in [6, 6.07) is 7.55. The molecule has 0 fully saturated rings. The molecule has 0 saturated carbocycles. The van der Waals surface area contributed by atoms with Crippen LogP contribution in [0, 0.1) is 0 Å². The highest BCUT2D eigenvalue weighted by atomic mass is 79.9. The number of carbonyl (C=O) groups excluding carboxylic acids is 1. The van der Waals surface area contributed by atoms with Crippen molar-refractivity contribution in [1.82, 2.24) is 9.97 Å². The third-order valence-corrected chi connectivity index (χ3v) is 3.50. The van der Waals surface area contributed by atoms with Gasteiger partial charge in [0.1, 0.15) is 5.82 Å². The number of anilines is 1. The van der Waals surface area contributed by atoms with E-state index in [9.17, 15) is 4.79 Å². The molecule has 110 valence electrons. The van der Waals surface area contributed by atoms with Crippen LogP contribution < -0.4 is 4.90 Å². The van der Waals surface area contributed by atoms with Crippen molar-refractivity contribution in [2.45, 2.75) is 13.5 Å². The summed E-state index contributed by atoms with van der Waals surface area (Å²) in [7, 11) is 1.92. The van der Waals surface area contributed by atoms with Gasteiger partial charge in [-0.2, -0.15) is 0 Å². The van der Waals surface area contributed by atoms with Crippen molar-refractivity contribution in [1.29, 1.82) is 0 Å². The van der Waals surface area contributed by atoms with Crippen LogP contribution in [-0.4, -0.2) is 29.6 Å². The van der Waals surface area contributed by atoms with E-state index in [0.29, 0.717) is 23.4 Å². The Morgan fingerprint density at radius 3 is 2.67 bits per heavy atom. The van der Waals surface area contributed by atoms with Crippen molar-refractivity contribution >= 4 is 27.7 Å². The minimum atomic E-state index is -0.427. The van der Waals surface area contributed by atoms with Gasteiger partial charge in [0.15, 0.2) is 5.69 Å². The SMILES string of the molecule is CCOC(=O)c1nc(N(C)Cc2ccncc2)ccc1Br. The first kappa shape index (κ1) is 15.4. The number of hydrogen-bond donors (Lipinski definition) is 0. The van der Waals surface area contributed by atoms with E-state index < -0.39 is 5.97 Å². The van der Waals surface area contributed by atoms with Crippen LogP contribution in [-0.2, 0) is 11.3 Å². The third-order valence-electron chi connectivity index (χ3n) is 2.86. The maximum absolute atomic E-state index is 11.9. The molecule has 2 rings (SSSR count). The number of hydrogen-bond acceptors (Lipinski definition) is 5. The quantitative estimate of drug-likeness (QED) is 0.776. The monoisotopic (exact) mass is 349 g/mol. The number of pyridine rings is 2. The van der Waals surface area contributed by atoms with E-state index in [1.807, 2.05) is 30.1 Å². The van der Waals surface area contributed by atoms with Gasteiger partial charge in [-0.25, -0.2) is 9.78 Å². The molecular weight excluding hydrogens is 334 g/mol. The first-order valence-corrected chi connectivity index (χ1v) is 7.34. The zero-order chi connectivity index (χ0) is 15.2. The van der Waals surface area contributed by atoms with Gasteiger partial charge in [-0.1, -0.05) is 0 Å². The second kappa shape index (κ2) is 7.17. The fourth-order valence-corrected chi connectivity index (χ4v) is 2.21. The Kier molecular flexibility index (Phi) is 5.27. The highest BCUT2D eigenvalue weighted by Crippen LogP contribution is 2.21. The Morgan fingerprint density at radius 1 is 1.29 bits per heavy atom. The summed E-state index contributed by atoms with van der Waals surface area (Å²) in [5, 5.41) is 0. The molecule has 0 spiro atoms. The Bertz CT molecular complexity index is 620. The van der Waals surface area contributed by atoms with Gasteiger partial charge in [0.05, 0.1) is 11.1 Å². The van der Waals surface area contributed by atoms with Gasteiger partial charge in [0.2, 0.25) is 0 Å². The van der Waals surface area contributed by atoms with Crippen molar-refractivity contribution in [3.8, 4) is 0 Å². The number of aromatic nitrogens is 2. The van der Waals surface area contributed by atoms with E-state index in [2.05, 4.69) is 25.9 Å². The Hall–Kier alpha value is -1.95. The summed E-state index contributed by atoms with van der Waals surface area (Å²) in [5.74, 6) is 0.279. The van der Waals surface area contributed by atoms with Crippen LogP contribution in [0.3, 0.4) is 0 Å². The zero-order valence-electron chi connectivity index (χ0n) is 11.9. The fraction of sp³-hybridized carbons (Fsp3) is 0.267. The molecule has 2 aromatic heterocycles. The molecule has 2 heterocycles. The van der Waals surface area contributed by atoms with Gasteiger partial charge in [-0.05, 0) is 52.7 Å². The van der Waals surface area contributed by atoms with Crippen molar-refractivity contribution < 1.29 is 9.53 Å². The fourth-order valence-electron chi connectivity index (χ4n) is 1.83. The smallest absolute Gasteiger partial charge is 0.358 e. The summed E-state index contributed by atoms with van der Waals surface area (Å²) in [5.41, 5.74) is 1.41. The van der Waals surface area contributed by atoms with Gasteiger partial charge >= 0.3 is 5.97 Å². The van der Waals surface area contributed by atoms with Crippen molar-refractivity contribution in [2.24, 2.45) is 0 Å². The maximum Gasteiger partial charge on any atom is 0.358 e. The van der Waals surface area contributed by atoms with Gasteiger partial charge in [-0.3, -0.25) is 4.98 Å². The van der Waals surface area contributed by atoms with Crippen LogP contribution in [0.2, 0.25) is 0 Å². The lowest BCUT2D eigenvalue weighted by Gasteiger charge is -2.19. The van der Waals surface area contributed by atoms with Crippen molar-refractivity contribution in [3.05, 3.63) is 52.4 Å². The summed E-state index contributed by atoms with van der Waals surface area (Å²) >= 11 is 3.33. The van der Waals surface area contributed by atoms with Gasteiger partial charge < -0.3 is 9.64 Å². The molecular formula is C15H16BrN3O2. The van der Waals surface area contributed by atoms with E-state index in [1.165, 1.54) is 0 Å². The predicted octanol–water partition coefficient (Wildman–Crippen LogP) is 3.05. The summed E-state index contributed by atoms with van der Waals surface area (Å²) in [6.45, 7) is 2.77. The minimum absolute atomic E-state index is 0.288. The molecule has 2 aromatic rings. The Balaban J connectivity index is 2.20. The molecule has 0 bridgehead atoms. The summed E-state index contributed by atoms with van der Waals surface area (Å²) in [6.07, 6.45) is 3.50. The molecule has 0 aromatic carbocycles. The normalized spacial score (nSPS) is 10.2. The van der Waals surface area contributed by atoms with Gasteiger partial charge in [0.25, 0.3) is 0 Å². The average molecular weight is 350 g/mol. The third kappa shape index (κ3) is 4.01. The molecule has 0 amide bonds. The number of ether oxygens (including phenoxy) is 1. The first-order chi connectivity index (χ1) is 10.1. The largest absolute Gasteiger partial charge is 0.461 e. The van der Waals surface area contributed by atoms with E-state index in [-0.39, 0.29) is 5.69 Å². The number of carbonyl (C=O) groups is 1. The molecule has 21 heavy (non-hydrogen) atoms. The molecule has 0 radical (unpaired) electrons. The minimum Gasteiger partial charge on any atom is -0.461 e. The molecule has 0 aliphatic rings. The number of esters is 1. The van der Waals surface area contributed by atoms with E-state index in [0.717, 1.165) is 5.56 Å². The van der Waals surface area contributed by atoms with Crippen molar-refractivity contribution in [3.63, 3.8) is 0 Å². The van der Waals surface area contributed by atoms with Crippen LogP contribution in [0.1, 0.15) is 23.0 Å². The van der Waals surface area contributed by atoms with Crippen LogP contribution in [0.5, 0.6) is 0 Å². The molecule has 0 aliphatic heterocycles. The van der Waals surface area contributed by atoms with E-state index >= 15 is 0 Å². The highest BCUT2D eigenvalue weighted by Gasteiger charge is 2.15. The lowest BCUT2D eigenvalue weighted by molar-refractivity contribution is 0.0518. The Morgan fingerprint density at radius 2 is 2.00 bits per heavy atom. The first-order valence-electron chi connectivity index (χ1n) is 6.55. The lowest BCUT2D eigenvalue weighted by atomic mass is 10.2. The Labute approximate surface area is 132 Å². The predicted molar refractivity (Wildman–Crippen MR) is 84.2 cm³/mol. The molecule has 0 aliphatic carbocycles. The maximum atomic E-state index is 11.9. The molecule has 6 heteroatoms. The second-order valence-electron chi connectivity index (χ2n) is 4.43. The topological polar surface area (TPSA) is 55.3 Å². The molecule has 0 unspecified atom stereocenters. The summed E-state index contributed by atoms with van der Waals surface area (Å²) < 4.78 is 5.63. The number of nitrogens with zero attached hydrogens (tertiary/aromatic N) is 3. The van der Waals surface area contributed by atoms with E-state index in [1.54, 1.807) is 25.4 Å². The molecule has 0 N–H and O–H groups in total. The number of halogens is 1. The van der Waals surface area contributed by atoms with Crippen LogP contribution in [0.4, 0.5) is 5.82 Å². The second-order valence-corrected chi connectivity index (χ2v) is 5.29. The molecule has 0 saturated heterocycles. The lowest BCUT2D eigenvalue weighted by Crippen LogP contribution is -2.19. The summed E-state index contributed by atoms with van der Waals surface area (Å²) in [4.78, 5) is 22.2. The standard InChI is InChI=1S/C15H16BrN3O2/c1-3-21-15(20)14-12(16)4-5-13(18-14)19(2)10-11-6-8-17-9-7-11/h4-9H,3,10H2,1-2H3. The van der Waals surface area contributed by atoms with Crippen LogP contribution in [0.15, 0.2) is 41.1 Å². The van der Waals surface area contributed by atoms with E-state index in [4.69, 9.17) is 4.74 Å².